The number of thiophene rings is 1. The van der Waals surface area contributed by atoms with Crippen molar-refractivity contribution in [2.24, 2.45) is 0 Å². The molecule has 4 heterocycles. The van der Waals surface area contributed by atoms with E-state index >= 15 is 0 Å². The second kappa shape index (κ2) is 10.9. The van der Waals surface area contributed by atoms with E-state index in [4.69, 9.17) is 23.8 Å². The fourth-order valence-corrected chi connectivity index (χ4v) is 8.62. The van der Waals surface area contributed by atoms with Gasteiger partial charge in [-0.15, -0.1) is 11.3 Å². The van der Waals surface area contributed by atoms with Gasteiger partial charge in [-0.25, -0.2) is 15.0 Å². The Balaban J connectivity index is 1.18. The molecule has 0 atom stereocenters. The molecule has 0 saturated heterocycles. The fraction of sp³-hybridized carbons (Fsp3) is 0. The molecule has 0 unspecified atom stereocenters. The maximum Gasteiger partial charge on any atom is 0.164 e. The number of rotatable bonds is 4. The van der Waals surface area contributed by atoms with E-state index in [0.29, 0.717) is 17.5 Å². The number of nitrogens with zero attached hydrogens (tertiary/aromatic N) is 3. The molecule has 5 nitrogen and oxygen atoms in total. The Kier molecular flexibility index (Phi) is 6.05. The third kappa shape index (κ3) is 4.37. The SMILES string of the molecule is c1ccc(-c2nc(-c3ccc4oc5ccccc5c4c3)nc(-c3ccc(-c4cccc5c4sc4ccccc45)c4oc5ccccc5c34)n2)cc1. The van der Waals surface area contributed by atoms with Crippen LogP contribution in [-0.4, -0.2) is 15.0 Å². The molecule has 0 amide bonds. The van der Waals surface area contributed by atoms with Crippen molar-refractivity contribution in [2.75, 3.05) is 0 Å². The maximum absolute atomic E-state index is 6.76. The lowest BCUT2D eigenvalue weighted by molar-refractivity contribution is 0.669. The summed E-state index contributed by atoms with van der Waals surface area (Å²) in [4.78, 5) is 15.4. The van der Waals surface area contributed by atoms with E-state index in [2.05, 4.69) is 78.9 Å². The Morgan fingerprint density at radius 2 is 1.04 bits per heavy atom. The molecule has 6 heteroatoms. The molecule has 0 fully saturated rings. The molecule has 11 aromatic rings. The first-order valence-corrected chi connectivity index (χ1v) is 17.7. The molecular formula is C45H25N3O2S. The molecule has 0 aliphatic carbocycles. The number of fused-ring (bicyclic) bond motifs is 9. The van der Waals surface area contributed by atoms with Crippen LogP contribution in [0.5, 0.6) is 0 Å². The van der Waals surface area contributed by atoms with Crippen LogP contribution in [0.15, 0.2) is 160 Å². The highest BCUT2D eigenvalue weighted by molar-refractivity contribution is 7.26. The average Bonchev–Trinajstić information content (AvgIpc) is 3.89. The van der Waals surface area contributed by atoms with Crippen molar-refractivity contribution in [3.8, 4) is 45.3 Å². The summed E-state index contributed by atoms with van der Waals surface area (Å²) in [5, 5.41) is 6.59. The van der Waals surface area contributed by atoms with E-state index in [-0.39, 0.29) is 0 Å². The number of para-hydroxylation sites is 2. The third-order valence-electron chi connectivity index (χ3n) is 9.76. The van der Waals surface area contributed by atoms with Crippen molar-refractivity contribution < 1.29 is 8.83 Å². The zero-order valence-electron chi connectivity index (χ0n) is 27.0. The van der Waals surface area contributed by atoms with Gasteiger partial charge in [-0.1, -0.05) is 103 Å². The van der Waals surface area contributed by atoms with Crippen molar-refractivity contribution >= 4 is 75.4 Å². The predicted molar refractivity (Wildman–Crippen MR) is 209 cm³/mol. The summed E-state index contributed by atoms with van der Waals surface area (Å²) in [5.74, 6) is 1.78. The summed E-state index contributed by atoms with van der Waals surface area (Å²) in [5.41, 5.74) is 8.18. The van der Waals surface area contributed by atoms with Gasteiger partial charge in [0.2, 0.25) is 0 Å². The molecule has 0 N–H and O–H groups in total. The summed E-state index contributed by atoms with van der Waals surface area (Å²) in [7, 11) is 0. The Morgan fingerprint density at radius 3 is 1.90 bits per heavy atom. The van der Waals surface area contributed by atoms with Crippen LogP contribution in [-0.2, 0) is 0 Å². The van der Waals surface area contributed by atoms with Gasteiger partial charge in [-0.3, -0.25) is 0 Å². The Labute approximate surface area is 295 Å². The van der Waals surface area contributed by atoms with E-state index in [0.717, 1.165) is 71.7 Å². The first kappa shape index (κ1) is 28.2. The second-order valence-electron chi connectivity index (χ2n) is 12.7. The van der Waals surface area contributed by atoms with Crippen LogP contribution >= 0.6 is 11.3 Å². The van der Waals surface area contributed by atoms with Crippen molar-refractivity contribution in [1.82, 2.24) is 15.0 Å². The lowest BCUT2D eigenvalue weighted by Crippen LogP contribution is -2.00. The molecule has 7 aromatic carbocycles. The van der Waals surface area contributed by atoms with Gasteiger partial charge in [0.1, 0.15) is 22.3 Å². The van der Waals surface area contributed by atoms with Crippen LogP contribution in [0.1, 0.15) is 0 Å². The van der Waals surface area contributed by atoms with Crippen LogP contribution in [0.3, 0.4) is 0 Å². The smallest absolute Gasteiger partial charge is 0.164 e. The molecule has 238 valence electrons. The molecule has 0 aliphatic heterocycles. The first-order chi connectivity index (χ1) is 25.3. The topological polar surface area (TPSA) is 65.0 Å². The van der Waals surface area contributed by atoms with Gasteiger partial charge in [0, 0.05) is 69.5 Å². The van der Waals surface area contributed by atoms with Crippen molar-refractivity contribution in [2.45, 2.75) is 0 Å². The minimum atomic E-state index is 0.583. The molecule has 11 rings (SSSR count). The summed E-state index contributed by atoms with van der Waals surface area (Å²) in [6, 6.07) is 52.0. The van der Waals surface area contributed by atoms with Crippen molar-refractivity contribution in [1.29, 1.82) is 0 Å². The summed E-state index contributed by atoms with van der Waals surface area (Å²) in [6.07, 6.45) is 0. The van der Waals surface area contributed by atoms with Gasteiger partial charge in [-0.05, 0) is 48.5 Å². The molecule has 0 radical (unpaired) electrons. The standard InChI is InChI=1S/C45H25N3O2S/c1-2-11-26(12-3-1)43-46-44(27-21-24-38-35(25-27)28-13-4-7-18-36(28)49-38)48-45(47-43)34-23-22-30(41-40(34)33-15-5-8-19-37(33)50-41)32-17-10-16-31-29-14-6-9-20-39(29)51-42(31)32/h1-25H. The largest absolute Gasteiger partial charge is 0.456 e. The minimum Gasteiger partial charge on any atom is -0.456 e. The zero-order chi connectivity index (χ0) is 33.5. The number of aromatic nitrogens is 3. The van der Waals surface area contributed by atoms with E-state index in [1.807, 2.05) is 84.1 Å². The van der Waals surface area contributed by atoms with Gasteiger partial charge < -0.3 is 8.83 Å². The van der Waals surface area contributed by atoms with Gasteiger partial charge in [-0.2, -0.15) is 0 Å². The molecule has 4 aromatic heterocycles. The summed E-state index contributed by atoms with van der Waals surface area (Å²) >= 11 is 1.82. The molecule has 0 aliphatic rings. The normalized spacial score (nSPS) is 11.9. The van der Waals surface area contributed by atoms with Crippen molar-refractivity contribution in [3.63, 3.8) is 0 Å². The lowest BCUT2D eigenvalue weighted by atomic mass is 9.97. The highest BCUT2D eigenvalue weighted by Gasteiger charge is 2.22. The monoisotopic (exact) mass is 671 g/mol. The highest BCUT2D eigenvalue weighted by atomic mass is 32.1. The first-order valence-electron chi connectivity index (χ1n) is 16.9. The Hall–Kier alpha value is -6.63. The molecule has 0 saturated carbocycles. The van der Waals surface area contributed by atoms with E-state index in [1.54, 1.807) is 0 Å². The van der Waals surface area contributed by atoms with Crippen LogP contribution < -0.4 is 0 Å². The highest BCUT2D eigenvalue weighted by Crippen LogP contribution is 2.46. The van der Waals surface area contributed by atoms with E-state index in [1.165, 1.54) is 20.2 Å². The predicted octanol–water partition coefficient (Wildman–Crippen LogP) is 12.7. The quantitative estimate of drug-likeness (QED) is 0.186. The number of benzene rings is 7. The number of hydrogen-bond acceptors (Lipinski definition) is 6. The van der Waals surface area contributed by atoms with Gasteiger partial charge in [0.15, 0.2) is 17.5 Å². The van der Waals surface area contributed by atoms with Gasteiger partial charge in [0.25, 0.3) is 0 Å². The van der Waals surface area contributed by atoms with Gasteiger partial charge >= 0.3 is 0 Å². The molecule has 0 spiro atoms. The fourth-order valence-electron chi connectivity index (χ4n) is 7.39. The Morgan fingerprint density at radius 1 is 0.392 bits per heavy atom. The van der Waals surface area contributed by atoms with Crippen LogP contribution in [0.4, 0.5) is 0 Å². The zero-order valence-corrected chi connectivity index (χ0v) is 27.8. The van der Waals surface area contributed by atoms with Crippen LogP contribution in [0, 0.1) is 0 Å². The summed E-state index contributed by atoms with van der Waals surface area (Å²) in [6.45, 7) is 0. The van der Waals surface area contributed by atoms with Gasteiger partial charge in [0.05, 0.1) is 0 Å². The minimum absolute atomic E-state index is 0.583. The molecular weight excluding hydrogens is 647 g/mol. The maximum atomic E-state index is 6.76. The lowest BCUT2D eigenvalue weighted by Gasteiger charge is -2.11. The third-order valence-corrected chi connectivity index (χ3v) is 11.0. The summed E-state index contributed by atoms with van der Waals surface area (Å²) < 4.78 is 15.4. The van der Waals surface area contributed by atoms with E-state index < -0.39 is 0 Å². The van der Waals surface area contributed by atoms with E-state index in [9.17, 15) is 0 Å². The number of furan rings is 2. The average molecular weight is 672 g/mol. The Bertz CT molecular complexity index is 3160. The van der Waals surface area contributed by atoms with Crippen LogP contribution in [0.25, 0.3) is 109 Å². The molecule has 51 heavy (non-hydrogen) atoms. The second-order valence-corrected chi connectivity index (χ2v) is 13.8. The molecule has 0 bridgehead atoms. The number of hydrogen-bond donors (Lipinski definition) is 0. The van der Waals surface area contributed by atoms with Crippen LogP contribution in [0.2, 0.25) is 0 Å². The van der Waals surface area contributed by atoms with Crippen molar-refractivity contribution in [3.05, 3.63) is 152 Å².